The van der Waals surface area contributed by atoms with Gasteiger partial charge in [-0.05, 0) is 44.5 Å². The molecule has 0 bridgehead atoms. The van der Waals surface area contributed by atoms with Crippen LogP contribution in [0.3, 0.4) is 0 Å². The Balaban J connectivity index is 1.86. The lowest BCUT2D eigenvalue weighted by Gasteiger charge is -2.04. The summed E-state index contributed by atoms with van der Waals surface area (Å²) in [4.78, 5) is 5.91. The number of hydrogen-bond donors (Lipinski definition) is 1. The maximum absolute atomic E-state index is 5.81. The summed E-state index contributed by atoms with van der Waals surface area (Å²) in [6, 6.07) is 8.12. The van der Waals surface area contributed by atoms with E-state index >= 15 is 0 Å². The van der Waals surface area contributed by atoms with Crippen molar-refractivity contribution in [3.63, 3.8) is 0 Å². The van der Waals surface area contributed by atoms with Gasteiger partial charge in [-0.15, -0.1) is 11.3 Å². The number of rotatable bonds is 8. The normalized spacial score (nSPS) is 10.8. The molecule has 0 amide bonds. The lowest BCUT2D eigenvalue weighted by molar-refractivity contribution is 0.305. The van der Waals surface area contributed by atoms with Gasteiger partial charge in [-0.2, -0.15) is 0 Å². The molecule has 0 radical (unpaired) electrons. The number of nitrogens with zero attached hydrogens (tertiary/aromatic N) is 1. The molecular weight excluding hydrogens is 280 g/mol. The first-order valence-corrected chi connectivity index (χ1v) is 8.36. The zero-order valence-corrected chi connectivity index (χ0v) is 13.9. The monoisotopic (exact) mass is 304 g/mol. The van der Waals surface area contributed by atoms with Gasteiger partial charge in [0.1, 0.15) is 17.4 Å². The van der Waals surface area contributed by atoms with Gasteiger partial charge in [-0.1, -0.05) is 25.5 Å². The maximum atomic E-state index is 5.81. The average Bonchev–Trinajstić information content (AvgIpc) is 2.82. The molecule has 1 aromatic heterocycles. The van der Waals surface area contributed by atoms with Crippen LogP contribution in [0.1, 0.15) is 40.9 Å². The van der Waals surface area contributed by atoms with E-state index in [0.717, 1.165) is 29.5 Å². The smallest absolute Gasteiger partial charge is 0.140 e. The number of hydrogen-bond acceptors (Lipinski definition) is 4. The molecule has 0 saturated carbocycles. The van der Waals surface area contributed by atoms with Crippen molar-refractivity contribution in [2.45, 2.75) is 46.8 Å². The molecule has 0 aliphatic rings. The third-order valence-corrected chi connectivity index (χ3v) is 4.41. The van der Waals surface area contributed by atoms with Crippen LogP contribution in [0.25, 0.3) is 0 Å². The first kappa shape index (κ1) is 16.0. The van der Waals surface area contributed by atoms with Crippen molar-refractivity contribution in [2.75, 3.05) is 6.54 Å². The summed E-state index contributed by atoms with van der Waals surface area (Å²) in [6.45, 7) is 8.88. The van der Waals surface area contributed by atoms with Gasteiger partial charge in [0.2, 0.25) is 0 Å². The van der Waals surface area contributed by atoms with Crippen molar-refractivity contribution in [1.82, 2.24) is 10.3 Å². The molecule has 114 valence electrons. The predicted octanol–water partition coefficient (Wildman–Crippen LogP) is 4.23. The number of benzene rings is 1. The summed E-state index contributed by atoms with van der Waals surface area (Å²) in [5.74, 6) is 0.908. The van der Waals surface area contributed by atoms with Crippen LogP contribution in [-0.2, 0) is 13.2 Å². The zero-order chi connectivity index (χ0) is 15.1. The largest absolute Gasteiger partial charge is 0.486 e. The third-order valence-electron chi connectivity index (χ3n) is 3.28. The molecule has 4 heteroatoms. The summed E-state index contributed by atoms with van der Waals surface area (Å²) >= 11 is 1.74. The van der Waals surface area contributed by atoms with E-state index in [-0.39, 0.29) is 0 Å². The molecule has 2 rings (SSSR count). The first-order valence-electron chi connectivity index (χ1n) is 7.54. The van der Waals surface area contributed by atoms with Crippen molar-refractivity contribution < 1.29 is 4.74 Å². The van der Waals surface area contributed by atoms with E-state index < -0.39 is 0 Å². The van der Waals surface area contributed by atoms with Gasteiger partial charge in [0.25, 0.3) is 0 Å². The molecule has 1 aromatic carbocycles. The minimum Gasteiger partial charge on any atom is -0.486 e. The minimum absolute atomic E-state index is 0.546. The molecule has 0 unspecified atom stereocenters. The molecule has 21 heavy (non-hydrogen) atoms. The van der Waals surface area contributed by atoms with E-state index in [0.29, 0.717) is 6.61 Å². The summed E-state index contributed by atoms with van der Waals surface area (Å²) in [5, 5.41) is 4.51. The fourth-order valence-electron chi connectivity index (χ4n) is 2.07. The van der Waals surface area contributed by atoms with Gasteiger partial charge in [-0.25, -0.2) is 4.98 Å². The summed E-state index contributed by atoms with van der Waals surface area (Å²) < 4.78 is 5.81. The lowest BCUT2D eigenvalue weighted by atomic mass is 10.2. The number of nitrogens with one attached hydrogen (secondary N) is 1. The molecule has 0 fully saturated rings. The van der Waals surface area contributed by atoms with Crippen LogP contribution in [0.4, 0.5) is 0 Å². The molecule has 0 atom stereocenters. The molecule has 0 saturated heterocycles. The van der Waals surface area contributed by atoms with Gasteiger partial charge in [-0.3, -0.25) is 0 Å². The van der Waals surface area contributed by atoms with Crippen molar-refractivity contribution in [1.29, 1.82) is 0 Å². The van der Waals surface area contributed by atoms with E-state index in [9.17, 15) is 0 Å². The van der Waals surface area contributed by atoms with Crippen molar-refractivity contribution in [3.05, 3.63) is 45.4 Å². The number of aromatic nitrogens is 1. The fourth-order valence-corrected chi connectivity index (χ4v) is 3.02. The first-order chi connectivity index (χ1) is 10.2. The molecular formula is C17H24N2OS. The standard InChI is InChI=1S/C17H24N2OS/c1-4-5-9-18-11-16-14(3)19-17(21-16)12-20-15-8-6-7-13(2)10-15/h6-8,10,18H,4-5,9,11-12H2,1-3H3. The van der Waals surface area contributed by atoms with Gasteiger partial charge < -0.3 is 10.1 Å². The molecule has 2 aromatic rings. The Morgan fingerprint density at radius 3 is 2.90 bits per heavy atom. The Kier molecular flexibility index (Phi) is 6.21. The highest BCUT2D eigenvalue weighted by molar-refractivity contribution is 7.11. The molecule has 0 spiro atoms. The van der Waals surface area contributed by atoms with Crippen molar-refractivity contribution in [3.8, 4) is 5.75 Å². The molecule has 1 heterocycles. The number of unbranched alkanes of at least 4 members (excludes halogenated alkanes) is 1. The quantitative estimate of drug-likeness (QED) is 0.741. The Hall–Kier alpha value is -1.39. The molecule has 0 aliphatic heterocycles. The van der Waals surface area contributed by atoms with Gasteiger partial charge in [0.05, 0.1) is 5.69 Å². The number of thiazole rings is 1. The van der Waals surface area contributed by atoms with Crippen LogP contribution in [0.15, 0.2) is 24.3 Å². The number of aryl methyl sites for hydroxylation is 2. The molecule has 1 N–H and O–H groups in total. The minimum atomic E-state index is 0.546. The van der Waals surface area contributed by atoms with Gasteiger partial charge in [0, 0.05) is 11.4 Å². The van der Waals surface area contributed by atoms with Gasteiger partial charge in [0.15, 0.2) is 0 Å². The van der Waals surface area contributed by atoms with Crippen LogP contribution < -0.4 is 10.1 Å². The highest BCUT2D eigenvalue weighted by Gasteiger charge is 2.08. The van der Waals surface area contributed by atoms with E-state index in [1.807, 2.05) is 18.2 Å². The van der Waals surface area contributed by atoms with Crippen molar-refractivity contribution >= 4 is 11.3 Å². The second kappa shape index (κ2) is 8.15. The summed E-state index contributed by atoms with van der Waals surface area (Å²) in [7, 11) is 0. The summed E-state index contributed by atoms with van der Waals surface area (Å²) in [5.41, 5.74) is 2.33. The Morgan fingerprint density at radius 1 is 1.29 bits per heavy atom. The fraction of sp³-hybridized carbons (Fsp3) is 0.471. The maximum Gasteiger partial charge on any atom is 0.140 e. The number of ether oxygens (including phenoxy) is 1. The SMILES string of the molecule is CCCCNCc1sc(COc2cccc(C)c2)nc1C. The zero-order valence-electron chi connectivity index (χ0n) is 13.1. The average molecular weight is 304 g/mol. The second-order valence-electron chi connectivity index (χ2n) is 5.25. The lowest BCUT2D eigenvalue weighted by Crippen LogP contribution is -2.14. The predicted molar refractivity (Wildman–Crippen MR) is 89.0 cm³/mol. The highest BCUT2D eigenvalue weighted by Crippen LogP contribution is 2.20. The van der Waals surface area contributed by atoms with Crippen LogP contribution >= 0.6 is 11.3 Å². The van der Waals surface area contributed by atoms with E-state index in [2.05, 4.69) is 37.1 Å². The van der Waals surface area contributed by atoms with E-state index in [1.165, 1.54) is 23.3 Å². The summed E-state index contributed by atoms with van der Waals surface area (Å²) in [6.07, 6.45) is 2.45. The van der Waals surface area contributed by atoms with Crippen LogP contribution in [0.5, 0.6) is 5.75 Å². The van der Waals surface area contributed by atoms with Gasteiger partial charge >= 0.3 is 0 Å². The van der Waals surface area contributed by atoms with Crippen LogP contribution in [0.2, 0.25) is 0 Å². The highest BCUT2D eigenvalue weighted by atomic mass is 32.1. The molecule has 0 aliphatic carbocycles. The van der Waals surface area contributed by atoms with Crippen LogP contribution in [-0.4, -0.2) is 11.5 Å². The topological polar surface area (TPSA) is 34.1 Å². The second-order valence-corrected chi connectivity index (χ2v) is 6.42. The Bertz CT molecular complexity index is 566. The van der Waals surface area contributed by atoms with E-state index in [1.54, 1.807) is 11.3 Å². The van der Waals surface area contributed by atoms with E-state index in [4.69, 9.17) is 4.74 Å². The molecule has 3 nitrogen and oxygen atoms in total. The Labute approximate surface area is 131 Å². The van der Waals surface area contributed by atoms with Crippen LogP contribution in [0, 0.1) is 13.8 Å². The van der Waals surface area contributed by atoms with Crippen molar-refractivity contribution in [2.24, 2.45) is 0 Å². The Morgan fingerprint density at radius 2 is 2.14 bits per heavy atom. The third kappa shape index (κ3) is 5.14.